The van der Waals surface area contributed by atoms with E-state index in [-0.39, 0.29) is 0 Å². The summed E-state index contributed by atoms with van der Waals surface area (Å²) in [6, 6.07) is 6.00. The number of fused-ring (bicyclic) bond motifs is 3. The van der Waals surface area contributed by atoms with E-state index in [0.717, 1.165) is 33.6 Å². The van der Waals surface area contributed by atoms with E-state index < -0.39 is 0 Å². The van der Waals surface area contributed by atoms with Crippen molar-refractivity contribution in [3.63, 3.8) is 0 Å². The number of nitrogens with zero attached hydrogens (tertiary/aromatic N) is 1. The molecule has 0 fully saturated rings. The van der Waals surface area contributed by atoms with Gasteiger partial charge in [-0.2, -0.15) is 0 Å². The smallest absolute Gasteiger partial charge is 0.136 e. The van der Waals surface area contributed by atoms with Crippen molar-refractivity contribution in [3.8, 4) is 0 Å². The van der Waals surface area contributed by atoms with Crippen molar-refractivity contribution < 1.29 is 4.42 Å². The largest absolute Gasteiger partial charge is 0.461 e. The highest BCUT2D eigenvalue weighted by Gasteiger charge is 2.07. The van der Waals surface area contributed by atoms with E-state index in [1.54, 1.807) is 0 Å². The summed E-state index contributed by atoms with van der Waals surface area (Å²) < 4.78 is 5.53. The maximum atomic E-state index is 5.53. The number of aromatic nitrogens is 2. The van der Waals surface area contributed by atoms with Crippen LogP contribution in [-0.2, 0) is 0 Å². The monoisotopic (exact) mass is 186 g/mol. The molecule has 3 nitrogen and oxygen atoms in total. The minimum atomic E-state index is 0.904. The molecule has 1 N–H and O–H groups in total. The standard InChI is InChI=1S/C11H10N2O/c1-6-5-8-10(14-6)4-3-9-11(8)13-7(2)12-9/h3-5H,1-2H3,(H,12,13). The van der Waals surface area contributed by atoms with Crippen LogP contribution in [0.2, 0.25) is 0 Å². The summed E-state index contributed by atoms with van der Waals surface area (Å²) in [5.41, 5.74) is 2.97. The summed E-state index contributed by atoms with van der Waals surface area (Å²) in [7, 11) is 0. The summed E-state index contributed by atoms with van der Waals surface area (Å²) in [5.74, 6) is 1.86. The van der Waals surface area contributed by atoms with Crippen LogP contribution < -0.4 is 0 Å². The maximum Gasteiger partial charge on any atom is 0.136 e. The van der Waals surface area contributed by atoms with Crippen molar-refractivity contribution in [1.82, 2.24) is 9.97 Å². The molecule has 0 radical (unpaired) electrons. The van der Waals surface area contributed by atoms with Crippen molar-refractivity contribution in [2.24, 2.45) is 0 Å². The average Bonchev–Trinajstić information content (AvgIpc) is 2.65. The van der Waals surface area contributed by atoms with Gasteiger partial charge in [0.15, 0.2) is 0 Å². The number of nitrogens with one attached hydrogen (secondary N) is 1. The van der Waals surface area contributed by atoms with Gasteiger partial charge < -0.3 is 9.40 Å². The third kappa shape index (κ3) is 0.894. The minimum absolute atomic E-state index is 0.904. The van der Waals surface area contributed by atoms with Gasteiger partial charge in [0.05, 0.1) is 11.0 Å². The van der Waals surface area contributed by atoms with E-state index in [1.807, 2.05) is 32.0 Å². The molecule has 0 aliphatic heterocycles. The molecular weight excluding hydrogens is 176 g/mol. The van der Waals surface area contributed by atoms with Gasteiger partial charge in [0, 0.05) is 5.39 Å². The summed E-state index contributed by atoms with van der Waals surface area (Å²) >= 11 is 0. The van der Waals surface area contributed by atoms with Crippen LogP contribution in [0, 0.1) is 13.8 Å². The highest BCUT2D eigenvalue weighted by atomic mass is 16.3. The SMILES string of the molecule is Cc1nc2c(ccc3oc(C)cc32)[nH]1. The second kappa shape index (κ2) is 2.38. The molecule has 0 saturated carbocycles. The first kappa shape index (κ1) is 7.62. The van der Waals surface area contributed by atoms with Crippen molar-refractivity contribution in [2.75, 3.05) is 0 Å². The fourth-order valence-electron chi connectivity index (χ4n) is 1.84. The first-order valence-electron chi connectivity index (χ1n) is 4.59. The predicted octanol–water partition coefficient (Wildman–Crippen LogP) is 2.93. The highest BCUT2D eigenvalue weighted by Crippen LogP contribution is 2.26. The molecule has 0 unspecified atom stereocenters. The minimum Gasteiger partial charge on any atom is -0.461 e. The van der Waals surface area contributed by atoms with Crippen molar-refractivity contribution in [1.29, 1.82) is 0 Å². The van der Waals surface area contributed by atoms with Gasteiger partial charge in [-0.1, -0.05) is 0 Å². The van der Waals surface area contributed by atoms with Gasteiger partial charge in [-0.05, 0) is 32.0 Å². The van der Waals surface area contributed by atoms with Gasteiger partial charge in [0.2, 0.25) is 0 Å². The van der Waals surface area contributed by atoms with Gasteiger partial charge in [-0.25, -0.2) is 4.98 Å². The molecule has 0 atom stereocenters. The van der Waals surface area contributed by atoms with Crippen LogP contribution in [0.1, 0.15) is 11.6 Å². The lowest BCUT2D eigenvalue weighted by atomic mass is 10.2. The Balaban J connectivity index is 2.58. The van der Waals surface area contributed by atoms with E-state index >= 15 is 0 Å². The molecule has 2 aromatic heterocycles. The lowest BCUT2D eigenvalue weighted by Gasteiger charge is -1.88. The van der Waals surface area contributed by atoms with Gasteiger partial charge in [-0.15, -0.1) is 0 Å². The van der Waals surface area contributed by atoms with Gasteiger partial charge in [0.25, 0.3) is 0 Å². The van der Waals surface area contributed by atoms with E-state index in [2.05, 4.69) is 9.97 Å². The van der Waals surface area contributed by atoms with Crippen LogP contribution in [0.4, 0.5) is 0 Å². The zero-order chi connectivity index (χ0) is 9.71. The van der Waals surface area contributed by atoms with Gasteiger partial charge in [-0.3, -0.25) is 0 Å². The Morgan fingerprint density at radius 2 is 2.14 bits per heavy atom. The van der Waals surface area contributed by atoms with Crippen LogP contribution in [0.15, 0.2) is 22.6 Å². The molecule has 3 heteroatoms. The summed E-state index contributed by atoms with van der Waals surface area (Å²) in [6.45, 7) is 3.91. The molecule has 14 heavy (non-hydrogen) atoms. The highest BCUT2D eigenvalue weighted by molar-refractivity contribution is 6.02. The van der Waals surface area contributed by atoms with Crippen LogP contribution >= 0.6 is 0 Å². The average molecular weight is 186 g/mol. The third-order valence-electron chi connectivity index (χ3n) is 2.39. The molecule has 3 aromatic rings. The molecule has 3 rings (SSSR count). The molecule has 70 valence electrons. The quantitative estimate of drug-likeness (QED) is 0.586. The Morgan fingerprint density at radius 3 is 3.00 bits per heavy atom. The van der Waals surface area contributed by atoms with Crippen molar-refractivity contribution in [2.45, 2.75) is 13.8 Å². The van der Waals surface area contributed by atoms with Gasteiger partial charge >= 0.3 is 0 Å². The zero-order valence-electron chi connectivity index (χ0n) is 8.09. The van der Waals surface area contributed by atoms with E-state index in [1.165, 1.54) is 0 Å². The molecule has 0 amide bonds. The lowest BCUT2D eigenvalue weighted by molar-refractivity contribution is 0.578. The molecule has 0 spiro atoms. The summed E-state index contributed by atoms with van der Waals surface area (Å²) in [6.07, 6.45) is 0. The van der Waals surface area contributed by atoms with Gasteiger partial charge in [0.1, 0.15) is 17.2 Å². The number of aromatic amines is 1. The first-order valence-corrected chi connectivity index (χ1v) is 4.59. The molecule has 0 saturated heterocycles. The zero-order valence-corrected chi connectivity index (χ0v) is 8.09. The normalized spacial score (nSPS) is 11.6. The number of rotatable bonds is 0. The molecular formula is C11H10N2O. The molecule has 0 aliphatic rings. The Hall–Kier alpha value is -1.77. The second-order valence-electron chi connectivity index (χ2n) is 3.55. The molecule has 1 aromatic carbocycles. The number of aryl methyl sites for hydroxylation is 2. The first-order chi connectivity index (χ1) is 6.74. The van der Waals surface area contributed by atoms with E-state index in [0.29, 0.717) is 0 Å². The molecule has 0 bridgehead atoms. The van der Waals surface area contributed by atoms with Crippen molar-refractivity contribution in [3.05, 3.63) is 29.8 Å². The maximum absolute atomic E-state index is 5.53. The lowest BCUT2D eigenvalue weighted by Crippen LogP contribution is -1.69. The second-order valence-corrected chi connectivity index (χ2v) is 3.55. The number of furan rings is 1. The topological polar surface area (TPSA) is 41.8 Å². The fourth-order valence-corrected chi connectivity index (χ4v) is 1.84. The third-order valence-corrected chi connectivity index (χ3v) is 2.39. The van der Waals surface area contributed by atoms with Crippen LogP contribution in [-0.4, -0.2) is 9.97 Å². The molecule has 2 heterocycles. The van der Waals surface area contributed by atoms with Crippen LogP contribution in [0.3, 0.4) is 0 Å². The number of hydrogen-bond acceptors (Lipinski definition) is 2. The number of imidazole rings is 1. The van der Waals surface area contributed by atoms with E-state index in [9.17, 15) is 0 Å². The van der Waals surface area contributed by atoms with Crippen molar-refractivity contribution >= 4 is 22.0 Å². The van der Waals surface area contributed by atoms with Crippen LogP contribution in [0.5, 0.6) is 0 Å². The fraction of sp³-hybridized carbons (Fsp3) is 0.182. The number of H-pyrrole nitrogens is 1. The Bertz CT molecular complexity index is 563. The predicted molar refractivity (Wildman–Crippen MR) is 55.3 cm³/mol. The Kier molecular flexibility index (Phi) is 1.29. The number of benzene rings is 1. The number of hydrogen-bond donors (Lipinski definition) is 1. The Morgan fingerprint density at radius 1 is 1.29 bits per heavy atom. The molecule has 0 aliphatic carbocycles. The van der Waals surface area contributed by atoms with Crippen LogP contribution in [0.25, 0.3) is 22.0 Å². The van der Waals surface area contributed by atoms with E-state index in [4.69, 9.17) is 4.42 Å². The Labute approximate surface area is 80.7 Å². The summed E-state index contributed by atoms with van der Waals surface area (Å²) in [5, 5.41) is 1.09. The summed E-state index contributed by atoms with van der Waals surface area (Å²) in [4.78, 5) is 7.65.